The molecule has 0 unspecified atom stereocenters. The van der Waals surface area contributed by atoms with Crippen LogP contribution in [-0.4, -0.2) is 20.3 Å². The van der Waals surface area contributed by atoms with Crippen molar-refractivity contribution in [1.82, 2.24) is 0 Å². The largest absolute Gasteiger partial charge is 0.494 e. The highest BCUT2D eigenvalue weighted by Gasteiger charge is 2.54. The van der Waals surface area contributed by atoms with E-state index in [4.69, 9.17) is 4.74 Å². The molecule has 4 nitrogen and oxygen atoms in total. The zero-order chi connectivity index (χ0) is 21.4. The van der Waals surface area contributed by atoms with Gasteiger partial charge in [-0.2, -0.15) is 0 Å². The Bertz CT molecular complexity index is 1070. The van der Waals surface area contributed by atoms with Crippen molar-refractivity contribution < 1.29 is 26.3 Å². The van der Waals surface area contributed by atoms with Crippen molar-refractivity contribution in [3.05, 3.63) is 69.1 Å². The fourth-order valence-electron chi connectivity index (χ4n) is 3.18. The molecule has 3 rings (SSSR count). The minimum absolute atomic E-state index is 0.102. The lowest BCUT2D eigenvalue weighted by molar-refractivity contribution is 0.407. The summed E-state index contributed by atoms with van der Waals surface area (Å²) in [4.78, 5) is 0. The first kappa shape index (κ1) is 21.9. The lowest BCUT2D eigenvalue weighted by atomic mass is 10.0. The summed E-state index contributed by atoms with van der Waals surface area (Å²) >= 11 is 1.93. The molecule has 1 aliphatic rings. The highest BCUT2D eigenvalue weighted by Crippen LogP contribution is 2.48. The van der Waals surface area contributed by atoms with Gasteiger partial charge in [-0.3, -0.25) is 4.72 Å². The lowest BCUT2D eigenvalue weighted by Gasteiger charge is -2.21. The molecule has 1 fully saturated rings. The topological polar surface area (TPSA) is 55.4 Å². The molecule has 2 aromatic rings. The Hall–Kier alpha value is -1.75. The maximum absolute atomic E-state index is 14.7. The number of allylic oxidation sites excluding steroid dienone is 1. The van der Waals surface area contributed by atoms with Crippen LogP contribution in [-0.2, 0) is 16.4 Å². The predicted octanol–water partition coefficient (Wildman–Crippen LogP) is 5.16. The van der Waals surface area contributed by atoms with Gasteiger partial charge in [-0.1, -0.05) is 12.1 Å². The van der Waals surface area contributed by atoms with Gasteiger partial charge in [0.1, 0.15) is 11.6 Å². The van der Waals surface area contributed by atoms with Gasteiger partial charge in [0.2, 0.25) is 10.0 Å². The van der Waals surface area contributed by atoms with Crippen LogP contribution < -0.4 is 9.46 Å². The molecule has 29 heavy (non-hydrogen) atoms. The second-order valence-corrected chi connectivity index (χ2v) is 10.2. The number of hydrogen-bond acceptors (Lipinski definition) is 3. The fraction of sp³-hybridized carbons (Fsp3) is 0.300. The quantitative estimate of drug-likeness (QED) is 0.374. The first-order valence-electron chi connectivity index (χ1n) is 8.76. The van der Waals surface area contributed by atoms with Crippen molar-refractivity contribution in [3.8, 4) is 5.75 Å². The van der Waals surface area contributed by atoms with Crippen molar-refractivity contribution in [2.45, 2.75) is 30.4 Å². The van der Waals surface area contributed by atoms with Gasteiger partial charge < -0.3 is 4.74 Å². The summed E-state index contributed by atoms with van der Waals surface area (Å²) < 4.78 is 76.1. The molecule has 9 heteroatoms. The molecule has 0 radical (unpaired) electrons. The van der Waals surface area contributed by atoms with E-state index in [1.165, 1.54) is 25.3 Å². The zero-order valence-electron chi connectivity index (χ0n) is 15.6. The van der Waals surface area contributed by atoms with Crippen LogP contribution in [0.4, 0.5) is 18.9 Å². The first-order chi connectivity index (χ1) is 13.6. The average molecular weight is 537 g/mol. The van der Waals surface area contributed by atoms with Gasteiger partial charge in [-0.15, -0.1) is 6.58 Å². The van der Waals surface area contributed by atoms with E-state index in [0.717, 1.165) is 6.07 Å². The molecule has 156 valence electrons. The van der Waals surface area contributed by atoms with Crippen molar-refractivity contribution in [3.63, 3.8) is 0 Å². The highest BCUT2D eigenvalue weighted by molar-refractivity contribution is 14.1. The fourth-order valence-corrected chi connectivity index (χ4v) is 5.31. The molecular weight excluding hydrogens is 518 g/mol. The first-order valence-corrected chi connectivity index (χ1v) is 11.3. The second kappa shape index (κ2) is 8.17. The van der Waals surface area contributed by atoms with Crippen molar-refractivity contribution in [2.75, 3.05) is 11.8 Å². The van der Waals surface area contributed by atoms with E-state index in [0.29, 0.717) is 16.4 Å². The van der Waals surface area contributed by atoms with E-state index in [9.17, 15) is 21.6 Å². The summed E-state index contributed by atoms with van der Waals surface area (Å²) in [5, 5.41) is 0. The Balaban J connectivity index is 2.10. The number of benzene rings is 2. The number of ether oxygens (including phenoxy) is 1. The lowest BCUT2D eigenvalue weighted by Crippen LogP contribution is -2.30. The monoisotopic (exact) mass is 537 g/mol. The number of hydrogen-bond donors (Lipinski definition) is 1. The van der Waals surface area contributed by atoms with Crippen molar-refractivity contribution in [2.24, 2.45) is 0 Å². The third-order valence-electron chi connectivity index (χ3n) is 5.01. The molecule has 0 aromatic heterocycles. The molecule has 0 heterocycles. The maximum Gasteiger partial charge on any atom is 0.238 e. The van der Waals surface area contributed by atoms with Gasteiger partial charge in [-0.05, 0) is 59.5 Å². The van der Waals surface area contributed by atoms with E-state index in [-0.39, 0.29) is 35.4 Å². The van der Waals surface area contributed by atoms with E-state index < -0.39 is 32.2 Å². The molecule has 1 saturated carbocycles. The Labute approximate surface area is 181 Å². The highest BCUT2D eigenvalue weighted by atomic mass is 127. The minimum atomic E-state index is -3.94. The van der Waals surface area contributed by atoms with Crippen LogP contribution in [0.2, 0.25) is 0 Å². The zero-order valence-corrected chi connectivity index (χ0v) is 18.5. The van der Waals surface area contributed by atoms with Gasteiger partial charge in [0.05, 0.1) is 17.5 Å². The predicted molar refractivity (Wildman–Crippen MR) is 114 cm³/mol. The molecule has 1 N–H and O–H groups in total. The summed E-state index contributed by atoms with van der Waals surface area (Å²) in [6.45, 7) is 3.59. The third-order valence-corrected chi connectivity index (χ3v) is 7.87. The van der Waals surface area contributed by atoms with Crippen LogP contribution in [0.25, 0.3) is 0 Å². The number of anilines is 1. The van der Waals surface area contributed by atoms with Crippen molar-refractivity contribution >= 4 is 38.3 Å². The molecule has 0 bridgehead atoms. The van der Waals surface area contributed by atoms with Gasteiger partial charge >= 0.3 is 0 Å². The summed E-state index contributed by atoms with van der Waals surface area (Å²) in [7, 11) is -2.72. The molecule has 0 aliphatic heterocycles. The van der Waals surface area contributed by atoms with Crippen molar-refractivity contribution in [1.29, 1.82) is 0 Å². The van der Waals surface area contributed by atoms with Crippen LogP contribution in [0.15, 0.2) is 36.9 Å². The normalized spacial score (nSPS) is 15.1. The Kier molecular flexibility index (Phi) is 6.19. The molecule has 1 aliphatic carbocycles. The number of sulfonamides is 1. The van der Waals surface area contributed by atoms with Crippen LogP contribution in [0.5, 0.6) is 5.75 Å². The molecule has 0 atom stereocenters. The van der Waals surface area contributed by atoms with E-state index in [1.54, 1.807) is 6.07 Å². The van der Waals surface area contributed by atoms with Gasteiger partial charge in [-0.25, -0.2) is 21.6 Å². The number of methoxy groups -OCH3 is 1. The van der Waals surface area contributed by atoms with Gasteiger partial charge in [0.25, 0.3) is 0 Å². The minimum Gasteiger partial charge on any atom is -0.494 e. The summed E-state index contributed by atoms with van der Waals surface area (Å²) in [6, 6.07) is 5.11. The number of rotatable bonds is 8. The van der Waals surface area contributed by atoms with Crippen LogP contribution in [0, 0.1) is 21.0 Å². The van der Waals surface area contributed by atoms with Gasteiger partial charge in [0, 0.05) is 21.6 Å². The van der Waals surface area contributed by atoms with E-state index in [1.807, 2.05) is 22.6 Å². The Morgan fingerprint density at radius 1 is 1.24 bits per heavy atom. The van der Waals surface area contributed by atoms with Gasteiger partial charge in [0.15, 0.2) is 11.6 Å². The molecule has 2 aromatic carbocycles. The van der Waals surface area contributed by atoms with E-state index in [2.05, 4.69) is 11.3 Å². The average Bonchev–Trinajstić information content (AvgIpc) is 3.44. The Morgan fingerprint density at radius 3 is 2.48 bits per heavy atom. The Morgan fingerprint density at radius 2 is 1.93 bits per heavy atom. The SMILES string of the molecule is C=CCC1(S(=O)(=O)Nc2c(OC)cc(F)c(F)c2Cc2ccc(I)cc2F)CC1. The third kappa shape index (κ3) is 4.25. The maximum atomic E-state index is 14.7. The van der Waals surface area contributed by atoms with E-state index >= 15 is 0 Å². The molecule has 0 saturated heterocycles. The standard InChI is InChI=1S/C20H19F3INO3S/c1-3-6-20(7-8-20)29(26,27)25-19-14(18(23)16(22)11-17(19)28-2)9-12-4-5-13(24)10-15(12)21/h3-5,10-11,25H,1,6-9H2,2H3. The smallest absolute Gasteiger partial charge is 0.238 e. The van der Waals surface area contributed by atoms with Crippen LogP contribution in [0.3, 0.4) is 0 Å². The molecule has 0 amide bonds. The summed E-state index contributed by atoms with van der Waals surface area (Å²) in [5.41, 5.74) is -0.440. The number of nitrogens with one attached hydrogen (secondary N) is 1. The summed E-state index contributed by atoms with van der Waals surface area (Å²) in [5.74, 6) is -3.24. The summed E-state index contributed by atoms with van der Waals surface area (Å²) in [6.07, 6.45) is 2.25. The van der Waals surface area contributed by atoms with Crippen LogP contribution in [0.1, 0.15) is 30.4 Å². The molecular formula is C20H19F3INO3S. The second-order valence-electron chi connectivity index (χ2n) is 6.92. The van der Waals surface area contributed by atoms with Crippen LogP contribution >= 0.6 is 22.6 Å². The number of halogens is 4. The molecule has 0 spiro atoms.